The number of nitrogens with one attached hydrogen (secondary N) is 1. The number of nitrogens with zero attached hydrogens (tertiary/aromatic N) is 1. The van der Waals surface area contributed by atoms with E-state index in [0.717, 1.165) is 11.3 Å². The lowest BCUT2D eigenvalue weighted by atomic mass is 10.1. The van der Waals surface area contributed by atoms with Crippen molar-refractivity contribution in [3.8, 4) is 17.0 Å². The molecule has 0 fully saturated rings. The van der Waals surface area contributed by atoms with Crippen LogP contribution in [0.3, 0.4) is 0 Å². The number of H-pyrrole nitrogens is 1. The molecule has 2 rings (SSSR count). The molecule has 2 aromatic rings. The van der Waals surface area contributed by atoms with Gasteiger partial charge in [0.2, 0.25) is 0 Å². The SMILES string of the molecule is COCCOc1ccc(-c2cncc(=O)[nH]2)cc1. The van der Waals surface area contributed by atoms with Crippen LogP contribution in [-0.2, 0) is 4.74 Å². The van der Waals surface area contributed by atoms with Crippen molar-refractivity contribution >= 4 is 0 Å². The first-order valence-electron chi connectivity index (χ1n) is 5.56. The van der Waals surface area contributed by atoms with Gasteiger partial charge in [-0.15, -0.1) is 0 Å². The van der Waals surface area contributed by atoms with Gasteiger partial charge in [0.25, 0.3) is 5.56 Å². The smallest absolute Gasteiger partial charge is 0.266 e. The first kappa shape index (κ1) is 12.3. The van der Waals surface area contributed by atoms with E-state index in [-0.39, 0.29) is 5.56 Å². The second kappa shape index (κ2) is 5.97. The lowest BCUT2D eigenvalue weighted by Gasteiger charge is -2.06. The van der Waals surface area contributed by atoms with Crippen LogP contribution in [0.2, 0.25) is 0 Å². The fourth-order valence-electron chi connectivity index (χ4n) is 1.50. The first-order chi connectivity index (χ1) is 8.79. The molecule has 1 aromatic heterocycles. The average molecular weight is 246 g/mol. The highest BCUT2D eigenvalue weighted by atomic mass is 16.5. The van der Waals surface area contributed by atoms with Crippen molar-refractivity contribution in [3.05, 3.63) is 47.0 Å². The van der Waals surface area contributed by atoms with E-state index in [1.807, 2.05) is 24.3 Å². The molecule has 0 amide bonds. The van der Waals surface area contributed by atoms with E-state index in [1.165, 1.54) is 6.20 Å². The molecule has 0 saturated heterocycles. The van der Waals surface area contributed by atoms with E-state index < -0.39 is 0 Å². The molecule has 0 aliphatic rings. The van der Waals surface area contributed by atoms with Gasteiger partial charge < -0.3 is 14.5 Å². The van der Waals surface area contributed by atoms with E-state index in [4.69, 9.17) is 9.47 Å². The van der Waals surface area contributed by atoms with Gasteiger partial charge in [0.1, 0.15) is 12.4 Å². The Bertz CT molecular complexity index is 549. The summed E-state index contributed by atoms with van der Waals surface area (Å²) in [4.78, 5) is 17.7. The number of hydrogen-bond acceptors (Lipinski definition) is 4. The van der Waals surface area contributed by atoms with Crippen LogP contribution in [0.15, 0.2) is 41.5 Å². The minimum absolute atomic E-state index is 0.215. The van der Waals surface area contributed by atoms with Gasteiger partial charge in [-0.25, -0.2) is 0 Å². The van der Waals surface area contributed by atoms with Crippen molar-refractivity contribution in [3.63, 3.8) is 0 Å². The van der Waals surface area contributed by atoms with Crippen molar-refractivity contribution in [1.29, 1.82) is 0 Å². The van der Waals surface area contributed by atoms with Gasteiger partial charge in [-0.1, -0.05) is 0 Å². The minimum Gasteiger partial charge on any atom is -0.491 e. The predicted octanol–water partition coefficient (Wildman–Crippen LogP) is 1.46. The van der Waals surface area contributed by atoms with Crippen LogP contribution in [-0.4, -0.2) is 30.3 Å². The molecule has 5 nitrogen and oxygen atoms in total. The average Bonchev–Trinajstić information content (AvgIpc) is 2.40. The highest BCUT2D eigenvalue weighted by Gasteiger charge is 2.00. The Hall–Kier alpha value is -2.14. The lowest BCUT2D eigenvalue weighted by Crippen LogP contribution is -2.06. The van der Waals surface area contributed by atoms with Gasteiger partial charge in [0.15, 0.2) is 0 Å². The molecule has 0 radical (unpaired) electrons. The molecule has 18 heavy (non-hydrogen) atoms. The van der Waals surface area contributed by atoms with Crippen molar-refractivity contribution < 1.29 is 9.47 Å². The Balaban J connectivity index is 2.10. The van der Waals surface area contributed by atoms with Gasteiger partial charge in [0, 0.05) is 7.11 Å². The maximum absolute atomic E-state index is 11.1. The predicted molar refractivity (Wildman–Crippen MR) is 67.7 cm³/mol. The molecule has 1 heterocycles. The van der Waals surface area contributed by atoms with Gasteiger partial charge in [-0.05, 0) is 29.8 Å². The van der Waals surface area contributed by atoms with Crippen LogP contribution in [0, 0.1) is 0 Å². The third kappa shape index (κ3) is 3.18. The van der Waals surface area contributed by atoms with Crippen LogP contribution in [0.5, 0.6) is 5.75 Å². The number of methoxy groups -OCH3 is 1. The molecule has 1 N–H and O–H groups in total. The van der Waals surface area contributed by atoms with Crippen LogP contribution in [0.4, 0.5) is 0 Å². The van der Waals surface area contributed by atoms with Gasteiger partial charge >= 0.3 is 0 Å². The summed E-state index contributed by atoms with van der Waals surface area (Å²) >= 11 is 0. The standard InChI is InChI=1S/C13H14N2O3/c1-17-6-7-18-11-4-2-10(3-5-11)12-8-14-9-13(16)15-12/h2-5,8-9H,6-7H2,1H3,(H,15,16). The quantitative estimate of drug-likeness (QED) is 0.811. The maximum atomic E-state index is 11.1. The van der Waals surface area contributed by atoms with Crippen molar-refractivity contribution in [1.82, 2.24) is 9.97 Å². The molecular formula is C13H14N2O3. The Morgan fingerprint density at radius 1 is 1.17 bits per heavy atom. The minimum atomic E-state index is -0.215. The summed E-state index contributed by atoms with van der Waals surface area (Å²) in [7, 11) is 1.63. The number of hydrogen-bond donors (Lipinski definition) is 1. The molecule has 0 spiro atoms. The highest BCUT2D eigenvalue weighted by molar-refractivity contribution is 5.58. The fourth-order valence-corrected chi connectivity index (χ4v) is 1.50. The lowest BCUT2D eigenvalue weighted by molar-refractivity contribution is 0.146. The second-order valence-corrected chi connectivity index (χ2v) is 3.68. The van der Waals surface area contributed by atoms with E-state index in [0.29, 0.717) is 18.9 Å². The number of ether oxygens (including phenoxy) is 2. The summed E-state index contributed by atoms with van der Waals surface area (Å²) in [5.41, 5.74) is 1.36. The summed E-state index contributed by atoms with van der Waals surface area (Å²) in [5.74, 6) is 0.766. The Morgan fingerprint density at radius 3 is 2.61 bits per heavy atom. The number of aromatic nitrogens is 2. The van der Waals surface area contributed by atoms with Crippen molar-refractivity contribution in [2.75, 3.05) is 20.3 Å². The molecule has 1 aromatic carbocycles. The molecular weight excluding hydrogens is 232 g/mol. The van der Waals surface area contributed by atoms with Gasteiger partial charge in [-0.3, -0.25) is 9.78 Å². The molecule has 0 bridgehead atoms. The summed E-state index contributed by atoms with van der Waals surface area (Å²) in [6.45, 7) is 1.07. The largest absolute Gasteiger partial charge is 0.491 e. The Morgan fingerprint density at radius 2 is 1.94 bits per heavy atom. The Labute approximate surface area is 104 Å². The zero-order valence-electron chi connectivity index (χ0n) is 10.1. The molecule has 0 unspecified atom stereocenters. The van der Waals surface area contributed by atoms with Crippen molar-refractivity contribution in [2.24, 2.45) is 0 Å². The topological polar surface area (TPSA) is 64.2 Å². The van der Waals surface area contributed by atoms with E-state index in [9.17, 15) is 4.79 Å². The number of aromatic amines is 1. The third-order valence-electron chi connectivity index (χ3n) is 2.37. The van der Waals surface area contributed by atoms with E-state index in [1.54, 1.807) is 13.3 Å². The zero-order chi connectivity index (χ0) is 12.8. The first-order valence-corrected chi connectivity index (χ1v) is 5.56. The van der Waals surface area contributed by atoms with Crippen LogP contribution in [0.1, 0.15) is 0 Å². The van der Waals surface area contributed by atoms with E-state index >= 15 is 0 Å². The van der Waals surface area contributed by atoms with Crippen LogP contribution >= 0.6 is 0 Å². The fraction of sp³-hybridized carbons (Fsp3) is 0.231. The summed E-state index contributed by atoms with van der Waals surface area (Å²) in [5, 5.41) is 0. The summed E-state index contributed by atoms with van der Waals surface area (Å²) in [6, 6.07) is 7.43. The zero-order valence-corrected chi connectivity index (χ0v) is 10.1. The van der Waals surface area contributed by atoms with E-state index in [2.05, 4.69) is 9.97 Å². The Kier molecular flexibility index (Phi) is 4.09. The van der Waals surface area contributed by atoms with Crippen LogP contribution in [0.25, 0.3) is 11.3 Å². The molecule has 0 saturated carbocycles. The van der Waals surface area contributed by atoms with Crippen molar-refractivity contribution in [2.45, 2.75) is 0 Å². The molecule has 0 atom stereocenters. The normalized spacial score (nSPS) is 10.3. The maximum Gasteiger partial charge on any atom is 0.266 e. The van der Waals surface area contributed by atoms with Crippen LogP contribution < -0.4 is 10.3 Å². The third-order valence-corrected chi connectivity index (χ3v) is 2.37. The summed E-state index contributed by atoms with van der Waals surface area (Å²) in [6.07, 6.45) is 2.86. The molecule has 5 heteroatoms. The second-order valence-electron chi connectivity index (χ2n) is 3.68. The molecule has 0 aliphatic heterocycles. The van der Waals surface area contributed by atoms with Gasteiger partial charge in [0.05, 0.1) is 24.7 Å². The summed E-state index contributed by atoms with van der Waals surface area (Å²) < 4.78 is 10.3. The number of benzene rings is 1. The molecule has 0 aliphatic carbocycles. The number of rotatable bonds is 5. The molecule has 94 valence electrons. The van der Waals surface area contributed by atoms with Gasteiger partial charge in [-0.2, -0.15) is 0 Å². The monoisotopic (exact) mass is 246 g/mol. The highest BCUT2D eigenvalue weighted by Crippen LogP contribution is 2.19.